The van der Waals surface area contributed by atoms with Gasteiger partial charge >= 0.3 is 6.03 Å². The fourth-order valence-electron chi connectivity index (χ4n) is 1.81. The van der Waals surface area contributed by atoms with Crippen molar-refractivity contribution in [2.24, 2.45) is 5.73 Å². The molecule has 0 saturated carbocycles. The standard InChI is InChI=1S/C14H23N3O3/c1-10-5-11(2)7-13(6-10)20-9-12(18)8-16-3-4-17-14(15)19/h5-7,12,16,18H,3-4,8-9H2,1-2H3,(H3,15,17,19). The molecule has 1 aromatic rings. The molecule has 0 aromatic heterocycles. The fraction of sp³-hybridized carbons (Fsp3) is 0.500. The van der Waals surface area contributed by atoms with E-state index in [0.29, 0.717) is 19.6 Å². The van der Waals surface area contributed by atoms with Gasteiger partial charge < -0.3 is 26.2 Å². The summed E-state index contributed by atoms with van der Waals surface area (Å²) in [7, 11) is 0. The molecule has 20 heavy (non-hydrogen) atoms. The molecule has 1 unspecified atom stereocenters. The zero-order chi connectivity index (χ0) is 15.0. The zero-order valence-corrected chi connectivity index (χ0v) is 12.0. The molecule has 1 atom stereocenters. The number of carbonyl (C=O) groups is 1. The summed E-state index contributed by atoms with van der Waals surface area (Å²) in [4.78, 5) is 10.4. The van der Waals surface area contributed by atoms with E-state index in [1.54, 1.807) is 0 Å². The summed E-state index contributed by atoms with van der Waals surface area (Å²) < 4.78 is 5.54. The van der Waals surface area contributed by atoms with Crippen molar-refractivity contribution in [3.8, 4) is 5.75 Å². The smallest absolute Gasteiger partial charge is 0.312 e. The van der Waals surface area contributed by atoms with Gasteiger partial charge in [0.15, 0.2) is 0 Å². The lowest BCUT2D eigenvalue weighted by Gasteiger charge is -2.14. The SMILES string of the molecule is Cc1cc(C)cc(OCC(O)CNCCNC(N)=O)c1. The first kappa shape index (κ1) is 16.3. The molecule has 0 aliphatic carbocycles. The highest BCUT2D eigenvalue weighted by atomic mass is 16.5. The maximum absolute atomic E-state index is 10.4. The van der Waals surface area contributed by atoms with Crippen LogP contribution in [0.15, 0.2) is 18.2 Å². The van der Waals surface area contributed by atoms with Gasteiger partial charge in [-0.25, -0.2) is 4.79 Å². The van der Waals surface area contributed by atoms with Crippen molar-refractivity contribution < 1.29 is 14.6 Å². The largest absolute Gasteiger partial charge is 0.491 e. The molecular weight excluding hydrogens is 258 g/mol. The average Bonchev–Trinajstić information content (AvgIpc) is 2.34. The van der Waals surface area contributed by atoms with Crippen LogP contribution in [0.3, 0.4) is 0 Å². The van der Waals surface area contributed by atoms with Crippen molar-refractivity contribution in [2.75, 3.05) is 26.2 Å². The number of hydrogen-bond acceptors (Lipinski definition) is 4. The summed E-state index contributed by atoms with van der Waals surface area (Å²) in [6.45, 7) is 5.60. The van der Waals surface area contributed by atoms with Gasteiger partial charge in [-0.05, 0) is 37.1 Å². The Morgan fingerprint density at radius 2 is 1.95 bits per heavy atom. The number of aryl methyl sites for hydroxylation is 2. The van der Waals surface area contributed by atoms with Crippen LogP contribution < -0.4 is 21.1 Å². The van der Waals surface area contributed by atoms with E-state index < -0.39 is 12.1 Å². The number of urea groups is 1. The summed E-state index contributed by atoms with van der Waals surface area (Å²) in [5.41, 5.74) is 7.18. The lowest BCUT2D eigenvalue weighted by molar-refractivity contribution is 0.106. The lowest BCUT2D eigenvalue weighted by atomic mass is 10.1. The summed E-state index contributed by atoms with van der Waals surface area (Å²) in [5, 5.41) is 15.2. The first-order valence-electron chi connectivity index (χ1n) is 6.60. The van der Waals surface area contributed by atoms with Gasteiger partial charge in [0, 0.05) is 19.6 Å². The monoisotopic (exact) mass is 281 g/mol. The molecule has 0 aliphatic rings. The van der Waals surface area contributed by atoms with E-state index in [4.69, 9.17) is 10.5 Å². The van der Waals surface area contributed by atoms with E-state index in [1.165, 1.54) is 0 Å². The number of nitrogens with one attached hydrogen (secondary N) is 2. The molecule has 0 radical (unpaired) electrons. The first-order chi connectivity index (χ1) is 9.47. The van der Waals surface area contributed by atoms with E-state index >= 15 is 0 Å². The average molecular weight is 281 g/mol. The molecule has 0 fully saturated rings. The number of hydrogen-bond donors (Lipinski definition) is 4. The Labute approximate surface area is 119 Å². The molecule has 0 saturated heterocycles. The van der Waals surface area contributed by atoms with Gasteiger partial charge in [0.05, 0.1) is 0 Å². The number of aliphatic hydroxyl groups is 1. The minimum Gasteiger partial charge on any atom is -0.491 e. The molecule has 2 amide bonds. The van der Waals surface area contributed by atoms with Gasteiger partial charge in [0.2, 0.25) is 0 Å². The van der Waals surface area contributed by atoms with Gasteiger partial charge in [-0.15, -0.1) is 0 Å². The molecule has 0 heterocycles. The maximum Gasteiger partial charge on any atom is 0.312 e. The molecule has 0 spiro atoms. The van der Waals surface area contributed by atoms with Crippen LogP contribution in [0, 0.1) is 13.8 Å². The lowest BCUT2D eigenvalue weighted by Crippen LogP contribution is -2.38. The van der Waals surface area contributed by atoms with E-state index in [1.807, 2.05) is 26.0 Å². The Kier molecular flexibility index (Phi) is 6.83. The van der Waals surface area contributed by atoms with E-state index in [0.717, 1.165) is 16.9 Å². The van der Waals surface area contributed by atoms with Gasteiger partial charge in [-0.3, -0.25) is 0 Å². The molecule has 6 heteroatoms. The molecule has 0 aliphatic heterocycles. The van der Waals surface area contributed by atoms with Gasteiger partial charge in [-0.1, -0.05) is 6.07 Å². The summed E-state index contributed by atoms with van der Waals surface area (Å²) in [5.74, 6) is 0.761. The second kappa shape index (κ2) is 8.39. The Bertz CT molecular complexity index is 417. The van der Waals surface area contributed by atoms with Crippen molar-refractivity contribution in [1.29, 1.82) is 0 Å². The molecule has 112 valence electrons. The summed E-state index contributed by atoms with van der Waals surface area (Å²) in [6, 6.07) is 5.38. The van der Waals surface area contributed by atoms with Crippen molar-refractivity contribution in [3.63, 3.8) is 0 Å². The van der Waals surface area contributed by atoms with Gasteiger partial charge in [0.1, 0.15) is 18.5 Å². The predicted octanol–water partition coefficient (Wildman–Crippen LogP) is 0.301. The number of amides is 2. The number of ether oxygens (including phenoxy) is 1. The maximum atomic E-state index is 10.4. The number of nitrogens with two attached hydrogens (primary N) is 1. The van der Waals surface area contributed by atoms with Crippen LogP contribution in [0.4, 0.5) is 4.79 Å². The van der Waals surface area contributed by atoms with Gasteiger partial charge in [-0.2, -0.15) is 0 Å². The van der Waals surface area contributed by atoms with Crippen LogP contribution in [0.25, 0.3) is 0 Å². The Hall–Kier alpha value is -1.79. The molecule has 1 aromatic carbocycles. The Morgan fingerprint density at radius 3 is 2.55 bits per heavy atom. The van der Waals surface area contributed by atoms with Crippen molar-refractivity contribution in [1.82, 2.24) is 10.6 Å². The summed E-state index contributed by atoms with van der Waals surface area (Å²) in [6.07, 6.45) is -0.607. The minimum absolute atomic E-state index is 0.221. The van der Waals surface area contributed by atoms with Crippen molar-refractivity contribution in [3.05, 3.63) is 29.3 Å². The molecule has 0 bridgehead atoms. The summed E-state index contributed by atoms with van der Waals surface area (Å²) >= 11 is 0. The number of primary amides is 1. The van der Waals surface area contributed by atoms with E-state index in [9.17, 15) is 9.90 Å². The third-order valence-electron chi connectivity index (χ3n) is 2.62. The van der Waals surface area contributed by atoms with Crippen LogP contribution in [-0.4, -0.2) is 43.5 Å². The number of rotatable bonds is 8. The highest BCUT2D eigenvalue weighted by Crippen LogP contribution is 2.16. The van der Waals surface area contributed by atoms with Crippen molar-refractivity contribution >= 4 is 6.03 Å². The molecule has 5 N–H and O–H groups in total. The predicted molar refractivity (Wildman–Crippen MR) is 77.9 cm³/mol. The molecule has 6 nitrogen and oxygen atoms in total. The number of aliphatic hydroxyl groups excluding tert-OH is 1. The quantitative estimate of drug-likeness (QED) is 0.515. The van der Waals surface area contributed by atoms with Crippen LogP contribution in [0.5, 0.6) is 5.75 Å². The highest BCUT2D eigenvalue weighted by molar-refractivity contribution is 5.71. The number of carbonyl (C=O) groups excluding carboxylic acids is 1. The van der Waals surface area contributed by atoms with Gasteiger partial charge in [0.25, 0.3) is 0 Å². The first-order valence-corrected chi connectivity index (χ1v) is 6.60. The van der Waals surface area contributed by atoms with Crippen molar-refractivity contribution in [2.45, 2.75) is 20.0 Å². The third kappa shape index (κ3) is 6.96. The number of benzene rings is 1. The third-order valence-corrected chi connectivity index (χ3v) is 2.62. The van der Waals surface area contributed by atoms with E-state index in [2.05, 4.69) is 16.7 Å². The Balaban J connectivity index is 2.19. The van der Waals surface area contributed by atoms with E-state index in [-0.39, 0.29) is 6.61 Å². The minimum atomic E-state index is -0.607. The normalized spacial score (nSPS) is 11.9. The molecule has 1 rings (SSSR count). The van der Waals surface area contributed by atoms with Crippen LogP contribution >= 0.6 is 0 Å². The van der Waals surface area contributed by atoms with Crippen LogP contribution in [0.1, 0.15) is 11.1 Å². The van der Waals surface area contributed by atoms with Crippen LogP contribution in [-0.2, 0) is 0 Å². The second-order valence-corrected chi connectivity index (χ2v) is 4.78. The zero-order valence-electron chi connectivity index (χ0n) is 12.0. The Morgan fingerprint density at radius 1 is 1.30 bits per heavy atom. The topological polar surface area (TPSA) is 96.6 Å². The highest BCUT2D eigenvalue weighted by Gasteiger charge is 2.05. The fourth-order valence-corrected chi connectivity index (χ4v) is 1.81. The molecular formula is C14H23N3O3. The second-order valence-electron chi connectivity index (χ2n) is 4.78. The van der Waals surface area contributed by atoms with Crippen LogP contribution in [0.2, 0.25) is 0 Å².